The zero-order chi connectivity index (χ0) is 19.6. The number of amides is 1. The lowest BCUT2D eigenvalue weighted by molar-refractivity contribution is -0.123. The Balaban J connectivity index is 1.98. The lowest BCUT2D eigenvalue weighted by Gasteiger charge is -2.44. The molecule has 0 bridgehead atoms. The molecule has 2 aromatic carbocycles. The molecule has 0 N–H and O–H groups in total. The fourth-order valence-electron chi connectivity index (χ4n) is 3.19. The molecular weight excluding hydrogens is 370 g/mol. The second-order valence-corrected chi connectivity index (χ2v) is 6.41. The predicted molar refractivity (Wildman–Crippen MR) is 104 cm³/mol. The lowest BCUT2D eigenvalue weighted by atomic mass is 9.92. The number of nitrogens with zero attached hydrogens (tertiary/aromatic N) is 1. The monoisotopic (exact) mass is 391 g/mol. The average Bonchev–Trinajstić information content (AvgIpc) is 2.71. The highest BCUT2D eigenvalue weighted by Crippen LogP contribution is 2.47. The van der Waals surface area contributed by atoms with Gasteiger partial charge in [0.25, 0.3) is 0 Å². The third-order valence-electron chi connectivity index (χ3n) is 4.49. The number of anilines is 1. The van der Waals surface area contributed by atoms with E-state index in [1.807, 2.05) is 31.2 Å². The van der Waals surface area contributed by atoms with Crippen LogP contribution in [0.5, 0.6) is 23.0 Å². The van der Waals surface area contributed by atoms with Gasteiger partial charge in [-0.2, -0.15) is 0 Å². The summed E-state index contributed by atoms with van der Waals surface area (Å²) in [7, 11) is 4.60. The van der Waals surface area contributed by atoms with Gasteiger partial charge in [-0.1, -0.05) is 12.1 Å². The number of benzene rings is 2. The number of carbonyl (C=O) groups excluding carboxylic acids is 1. The summed E-state index contributed by atoms with van der Waals surface area (Å²) < 4.78 is 21.6. The number of carbonyl (C=O) groups is 1. The average molecular weight is 392 g/mol. The van der Waals surface area contributed by atoms with Crippen molar-refractivity contribution in [2.45, 2.75) is 18.3 Å². The van der Waals surface area contributed by atoms with E-state index in [9.17, 15) is 4.79 Å². The normalized spacial score (nSPS) is 18.7. The van der Waals surface area contributed by atoms with E-state index in [1.54, 1.807) is 17.0 Å². The van der Waals surface area contributed by atoms with Crippen LogP contribution in [0.25, 0.3) is 0 Å². The highest BCUT2D eigenvalue weighted by Gasteiger charge is 2.48. The van der Waals surface area contributed by atoms with Crippen LogP contribution in [-0.2, 0) is 4.79 Å². The van der Waals surface area contributed by atoms with Gasteiger partial charge in [0.1, 0.15) is 11.1 Å². The van der Waals surface area contributed by atoms with Crippen LogP contribution in [0.15, 0.2) is 36.4 Å². The predicted octanol–water partition coefficient (Wildman–Crippen LogP) is 3.81. The smallest absolute Gasteiger partial charge is 0.248 e. The van der Waals surface area contributed by atoms with Crippen LogP contribution >= 0.6 is 11.6 Å². The van der Waals surface area contributed by atoms with E-state index < -0.39 is 5.38 Å². The van der Waals surface area contributed by atoms with E-state index in [2.05, 4.69) is 0 Å². The summed E-state index contributed by atoms with van der Waals surface area (Å²) in [5, 5.41) is -0.637. The quantitative estimate of drug-likeness (QED) is 0.530. The topological polar surface area (TPSA) is 57.2 Å². The number of hydrogen-bond donors (Lipinski definition) is 0. The summed E-state index contributed by atoms with van der Waals surface area (Å²) in [4.78, 5) is 14.2. The maximum Gasteiger partial charge on any atom is 0.248 e. The van der Waals surface area contributed by atoms with Gasteiger partial charge >= 0.3 is 0 Å². The molecule has 1 aliphatic rings. The highest BCUT2D eigenvalue weighted by atomic mass is 35.5. The first-order chi connectivity index (χ1) is 13.0. The van der Waals surface area contributed by atoms with Crippen molar-refractivity contribution in [3.05, 3.63) is 42.0 Å². The van der Waals surface area contributed by atoms with E-state index in [4.69, 9.17) is 30.5 Å². The summed E-state index contributed by atoms with van der Waals surface area (Å²) in [6, 6.07) is 10.8. The first-order valence-electron chi connectivity index (χ1n) is 8.55. The first kappa shape index (κ1) is 19.2. The molecule has 1 fully saturated rings. The van der Waals surface area contributed by atoms with Gasteiger partial charge in [-0.05, 0) is 24.6 Å². The third-order valence-corrected chi connectivity index (χ3v) is 4.91. The Morgan fingerprint density at radius 2 is 1.59 bits per heavy atom. The van der Waals surface area contributed by atoms with Gasteiger partial charge < -0.3 is 23.8 Å². The van der Waals surface area contributed by atoms with Gasteiger partial charge in [-0.25, -0.2) is 0 Å². The molecule has 0 aromatic heterocycles. The van der Waals surface area contributed by atoms with Crippen LogP contribution in [-0.4, -0.2) is 39.2 Å². The zero-order valence-corrected chi connectivity index (χ0v) is 16.4. The minimum Gasteiger partial charge on any atom is -0.494 e. The fourth-order valence-corrected chi connectivity index (χ4v) is 3.56. The van der Waals surface area contributed by atoms with Crippen LogP contribution in [0.3, 0.4) is 0 Å². The van der Waals surface area contributed by atoms with Gasteiger partial charge in [-0.15, -0.1) is 11.6 Å². The summed E-state index contributed by atoms with van der Waals surface area (Å²) in [5.41, 5.74) is 1.55. The van der Waals surface area contributed by atoms with Crippen molar-refractivity contribution < 1.29 is 23.7 Å². The van der Waals surface area contributed by atoms with Crippen molar-refractivity contribution >= 4 is 23.2 Å². The van der Waals surface area contributed by atoms with E-state index in [1.165, 1.54) is 21.3 Å². The van der Waals surface area contributed by atoms with Crippen LogP contribution in [0.1, 0.15) is 18.5 Å². The summed E-state index contributed by atoms with van der Waals surface area (Å²) in [5.74, 6) is 2.02. The number of rotatable bonds is 7. The molecule has 6 nitrogen and oxygen atoms in total. The molecule has 1 amide bonds. The molecule has 144 valence electrons. The Labute approximate surface area is 163 Å². The van der Waals surface area contributed by atoms with Crippen LogP contribution in [0.2, 0.25) is 0 Å². The first-order valence-corrected chi connectivity index (χ1v) is 8.99. The molecule has 2 unspecified atom stereocenters. The second kappa shape index (κ2) is 7.96. The minimum absolute atomic E-state index is 0.176. The summed E-state index contributed by atoms with van der Waals surface area (Å²) >= 11 is 6.34. The molecule has 0 spiro atoms. The highest BCUT2D eigenvalue weighted by molar-refractivity contribution is 6.37. The van der Waals surface area contributed by atoms with E-state index in [0.717, 1.165) is 11.3 Å². The SMILES string of the molecule is CCOc1ccc(C2C(Cl)C(=O)N2c2cc(OC)c(OC)c(OC)c2)cc1. The maximum atomic E-state index is 12.5. The molecule has 0 aliphatic carbocycles. The number of ether oxygens (including phenoxy) is 4. The van der Waals surface area contributed by atoms with E-state index in [-0.39, 0.29) is 11.9 Å². The zero-order valence-electron chi connectivity index (χ0n) is 15.7. The molecule has 3 rings (SSSR count). The van der Waals surface area contributed by atoms with Crippen molar-refractivity contribution in [1.82, 2.24) is 0 Å². The standard InChI is InChI=1S/C20H22ClNO5/c1-5-27-14-8-6-12(7-9-14)18-17(21)20(23)22(18)13-10-15(24-2)19(26-4)16(11-13)25-3/h6-11,17-18H,5H2,1-4H3. The van der Waals surface area contributed by atoms with Crippen molar-refractivity contribution in [2.75, 3.05) is 32.8 Å². The van der Waals surface area contributed by atoms with E-state index >= 15 is 0 Å². The molecule has 2 aromatic rings. The fraction of sp³-hybridized carbons (Fsp3) is 0.350. The van der Waals surface area contributed by atoms with Crippen LogP contribution < -0.4 is 23.8 Å². The van der Waals surface area contributed by atoms with Gasteiger partial charge in [0.05, 0.1) is 39.7 Å². The van der Waals surface area contributed by atoms with Crippen molar-refractivity contribution in [3.8, 4) is 23.0 Å². The summed E-state index contributed by atoms with van der Waals surface area (Å²) in [6.07, 6.45) is 0. The largest absolute Gasteiger partial charge is 0.494 e. The Morgan fingerprint density at radius 3 is 2.07 bits per heavy atom. The molecule has 27 heavy (non-hydrogen) atoms. The molecule has 1 heterocycles. The van der Waals surface area contributed by atoms with Crippen LogP contribution in [0, 0.1) is 0 Å². The number of methoxy groups -OCH3 is 3. The number of halogens is 1. The number of hydrogen-bond acceptors (Lipinski definition) is 5. The Bertz CT molecular complexity index is 799. The third kappa shape index (κ3) is 3.37. The van der Waals surface area contributed by atoms with Crippen molar-refractivity contribution in [2.24, 2.45) is 0 Å². The second-order valence-electron chi connectivity index (χ2n) is 5.94. The molecule has 1 saturated heterocycles. The molecule has 7 heteroatoms. The summed E-state index contributed by atoms with van der Waals surface area (Å²) in [6.45, 7) is 2.52. The Kier molecular flexibility index (Phi) is 5.65. The Hall–Kier alpha value is -2.60. The molecule has 2 atom stereocenters. The van der Waals surface area contributed by atoms with Gasteiger partial charge in [0.15, 0.2) is 11.5 Å². The number of β-lactam (4-membered cyclic amide) rings is 1. The van der Waals surface area contributed by atoms with Crippen LogP contribution in [0.4, 0.5) is 5.69 Å². The van der Waals surface area contributed by atoms with Gasteiger partial charge in [-0.3, -0.25) is 4.79 Å². The van der Waals surface area contributed by atoms with Gasteiger partial charge in [0, 0.05) is 12.1 Å². The minimum atomic E-state index is -0.637. The molecule has 0 radical (unpaired) electrons. The van der Waals surface area contributed by atoms with Gasteiger partial charge in [0.2, 0.25) is 11.7 Å². The van der Waals surface area contributed by atoms with Crippen molar-refractivity contribution in [1.29, 1.82) is 0 Å². The Morgan fingerprint density at radius 1 is 1.00 bits per heavy atom. The molecule has 0 saturated carbocycles. The van der Waals surface area contributed by atoms with E-state index in [0.29, 0.717) is 29.5 Å². The maximum absolute atomic E-state index is 12.5. The van der Waals surface area contributed by atoms with Crippen molar-refractivity contribution in [3.63, 3.8) is 0 Å². The number of alkyl halides is 1. The molecular formula is C20H22ClNO5. The molecule has 1 aliphatic heterocycles. The lowest BCUT2D eigenvalue weighted by Crippen LogP contribution is -2.56.